The van der Waals surface area contributed by atoms with E-state index in [1.807, 2.05) is 20.1 Å². The second-order valence-corrected chi connectivity index (χ2v) is 5.95. The molecule has 1 atom stereocenters. The largest absolute Gasteiger partial charge is 0.481 e. The average molecular weight is 319 g/mol. The lowest BCUT2D eigenvalue weighted by molar-refractivity contribution is -0.139. The lowest BCUT2D eigenvalue weighted by atomic mass is 10.1. The Morgan fingerprint density at radius 3 is 2.38 bits per heavy atom. The van der Waals surface area contributed by atoms with Crippen molar-refractivity contribution in [2.24, 2.45) is 5.73 Å². The van der Waals surface area contributed by atoms with Crippen molar-refractivity contribution in [1.29, 1.82) is 0 Å². The van der Waals surface area contributed by atoms with Crippen LogP contribution in [0, 0.1) is 0 Å². The maximum atomic E-state index is 12.5. The molecule has 8 heteroatoms. The van der Waals surface area contributed by atoms with Gasteiger partial charge in [-0.05, 0) is 38.7 Å². The molecule has 0 radical (unpaired) electrons. The van der Waals surface area contributed by atoms with E-state index in [-0.39, 0.29) is 18.4 Å². The second kappa shape index (κ2) is 10.3. The predicted molar refractivity (Wildman–Crippen MR) is 83.2 cm³/mol. The number of nitrogens with zero attached hydrogens (tertiary/aromatic N) is 1. The zero-order chi connectivity index (χ0) is 16.4. The van der Waals surface area contributed by atoms with Gasteiger partial charge in [0, 0.05) is 19.0 Å². The van der Waals surface area contributed by atoms with E-state index in [2.05, 4.69) is 5.32 Å². The van der Waals surface area contributed by atoms with Gasteiger partial charge in [-0.25, -0.2) is 4.79 Å². The number of carbonyl (C=O) groups is 3. The summed E-state index contributed by atoms with van der Waals surface area (Å²) in [5.74, 6) is -0.388. The van der Waals surface area contributed by atoms with Crippen molar-refractivity contribution in [3.05, 3.63) is 0 Å². The summed E-state index contributed by atoms with van der Waals surface area (Å²) in [7, 11) is 0. The van der Waals surface area contributed by atoms with Crippen LogP contribution in [0.4, 0.5) is 4.79 Å². The van der Waals surface area contributed by atoms with Crippen molar-refractivity contribution in [2.45, 2.75) is 45.2 Å². The molecule has 0 aliphatic rings. The molecule has 0 aromatic rings. The topological polar surface area (TPSA) is 113 Å². The van der Waals surface area contributed by atoms with E-state index in [1.165, 1.54) is 0 Å². The van der Waals surface area contributed by atoms with E-state index in [9.17, 15) is 14.4 Å². The Morgan fingerprint density at radius 1 is 1.33 bits per heavy atom. The van der Waals surface area contributed by atoms with Crippen LogP contribution in [0.15, 0.2) is 0 Å². The molecule has 0 aliphatic heterocycles. The maximum absolute atomic E-state index is 12.5. The second-order valence-electron chi connectivity index (χ2n) is 4.97. The molecule has 0 bridgehead atoms. The highest BCUT2D eigenvalue weighted by Crippen LogP contribution is 2.09. The summed E-state index contributed by atoms with van der Waals surface area (Å²) in [5, 5.41) is 11.1. The van der Waals surface area contributed by atoms with E-state index < -0.39 is 18.0 Å². The molecule has 0 aromatic carbocycles. The van der Waals surface area contributed by atoms with Crippen molar-refractivity contribution in [3.63, 3.8) is 0 Å². The van der Waals surface area contributed by atoms with Gasteiger partial charge in [0.15, 0.2) is 0 Å². The van der Waals surface area contributed by atoms with Gasteiger partial charge < -0.3 is 21.1 Å². The lowest BCUT2D eigenvalue weighted by Crippen LogP contribution is -2.52. The molecule has 1 unspecified atom stereocenters. The number of carboxylic acid groups (broad SMARTS) is 1. The fourth-order valence-electron chi connectivity index (χ4n) is 1.89. The molecule has 0 aromatic heterocycles. The van der Waals surface area contributed by atoms with Crippen LogP contribution in [0.2, 0.25) is 0 Å². The van der Waals surface area contributed by atoms with Crippen LogP contribution in [0.5, 0.6) is 0 Å². The van der Waals surface area contributed by atoms with Crippen LogP contribution in [0.25, 0.3) is 0 Å². The summed E-state index contributed by atoms with van der Waals surface area (Å²) in [6, 6.07) is -1.47. The molecule has 0 spiro atoms. The van der Waals surface area contributed by atoms with Crippen LogP contribution in [0.1, 0.15) is 33.1 Å². The first-order valence-corrected chi connectivity index (χ1v) is 8.26. The molecule has 0 saturated heterocycles. The molecule has 122 valence electrons. The molecular formula is C13H25N3O4S. The molecule has 0 aliphatic carbocycles. The van der Waals surface area contributed by atoms with Gasteiger partial charge in [-0.15, -0.1) is 0 Å². The van der Waals surface area contributed by atoms with Crippen molar-refractivity contribution in [1.82, 2.24) is 10.2 Å². The monoisotopic (exact) mass is 319 g/mol. The standard InChI is InChI=1S/C13H25N3O4S/c1-9(2)16(7-4-5-11(17)18)12(19)10(6-8-21-3)15-13(14)20/h9-10H,4-8H2,1-3H3,(H,17,18)(H3,14,15,20). The third-order valence-corrected chi connectivity index (χ3v) is 3.57. The van der Waals surface area contributed by atoms with E-state index in [0.717, 1.165) is 5.75 Å². The Labute approximate surface area is 129 Å². The van der Waals surface area contributed by atoms with E-state index in [4.69, 9.17) is 10.8 Å². The van der Waals surface area contributed by atoms with E-state index in [1.54, 1.807) is 16.7 Å². The molecule has 4 N–H and O–H groups in total. The van der Waals surface area contributed by atoms with Gasteiger partial charge >= 0.3 is 12.0 Å². The number of carboxylic acids is 1. The number of primary amides is 1. The number of rotatable bonds is 10. The van der Waals surface area contributed by atoms with Gasteiger partial charge in [-0.3, -0.25) is 9.59 Å². The molecule has 21 heavy (non-hydrogen) atoms. The number of carbonyl (C=O) groups excluding carboxylic acids is 2. The zero-order valence-electron chi connectivity index (χ0n) is 12.8. The minimum absolute atomic E-state index is 0.00915. The van der Waals surface area contributed by atoms with Crippen LogP contribution in [-0.2, 0) is 9.59 Å². The summed E-state index contributed by atoms with van der Waals surface area (Å²) in [5.41, 5.74) is 5.11. The van der Waals surface area contributed by atoms with Crippen molar-refractivity contribution >= 4 is 29.7 Å². The summed E-state index contributed by atoms with van der Waals surface area (Å²) in [6.07, 6.45) is 2.80. The summed E-state index contributed by atoms with van der Waals surface area (Å²) in [6.45, 7) is 4.06. The first-order valence-electron chi connectivity index (χ1n) is 6.86. The molecule has 0 saturated carbocycles. The minimum Gasteiger partial charge on any atom is -0.481 e. The number of nitrogens with two attached hydrogens (primary N) is 1. The molecule has 0 rings (SSSR count). The Morgan fingerprint density at radius 2 is 1.95 bits per heavy atom. The molecule has 0 fully saturated rings. The summed E-state index contributed by atoms with van der Waals surface area (Å²) >= 11 is 1.58. The number of urea groups is 1. The van der Waals surface area contributed by atoms with Crippen LogP contribution < -0.4 is 11.1 Å². The maximum Gasteiger partial charge on any atom is 0.312 e. The normalized spacial score (nSPS) is 12.0. The van der Waals surface area contributed by atoms with Gasteiger partial charge in [0.05, 0.1) is 0 Å². The van der Waals surface area contributed by atoms with Gasteiger partial charge in [-0.1, -0.05) is 0 Å². The van der Waals surface area contributed by atoms with Crippen LogP contribution in [0.3, 0.4) is 0 Å². The Balaban J connectivity index is 4.76. The van der Waals surface area contributed by atoms with Crippen molar-refractivity contribution in [2.75, 3.05) is 18.6 Å². The van der Waals surface area contributed by atoms with E-state index in [0.29, 0.717) is 19.4 Å². The predicted octanol–water partition coefficient (Wildman–Crippen LogP) is 0.878. The van der Waals surface area contributed by atoms with Gasteiger partial charge in [-0.2, -0.15) is 11.8 Å². The molecular weight excluding hydrogens is 294 g/mol. The molecule has 7 nitrogen and oxygen atoms in total. The highest BCUT2D eigenvalue weighted by atomic mass is 32.2. The fraction of sp³-hybridized carbons (Fsp3) is 0.769. The summed E-state index contributed by atoms with van der Waals surface area (Å²) < 4.78 is 0. The Kier molecular flexibility index (Phi) is 9.60. The van der Waals surface area contributed by atoms with Gasteiger partial charge in [0.25, 0.3) is 0 Å². The number of amides is 3. The highest BCUT2D eigenvalue weighted by molar-refractivity contribution is 7.98. The zero-order valence-corrected chi connectivity index (χ0v) is 13.6. The summed E-state index contributed by atoms with van der Waals surface area (Å²) in [4.78, 5) is 35.7. The average Bonchev–Trinajstić information content (AvgIpc) is 2.37. The smallest absolute Gasteiger partial charge is 0.312 e. The Bertz CT molecular complexity index is 363. The van der Waals surface area contributed by atoms with Crippen molar-refractivity contribution < 1.29 is 19.5 Å². The first-order chi connectivity index (χ1) is 9.79. The molecule has 0 heterocycles. The SMILES string of the molecule is CSCCC(NC(N)=O)C(=O)N(CCCC(=O)O)C(C)C. The first kappa shape index (κ1) is 19.6. The number of nitrogens with one attached hydrogen (secondary N) is 1. The van der Waals surface area contributed by atoms with E-state index >= 15 is 0 Å². The lowest BCUT2D eigenvalue weighted by Gasteiger charge is -2.30. The molecule has 3 amide bonds. The van der Waals surface area contributed by atoms with Crippen LogP contribution >= 0.6 is 11.8 Å². The Hall–Kier alpha value is -1.44. The third kappa shape index (κ3) is 8.44. The number of thioether (sulfide) groups is 1. The number of hydrogen-bond acceptors (Lipinski definition) is 4. The fourth-order valence-corrected chi connectivity index (χ4v) is 2.36. The quantitative estimate of drug-likeness (QED) is 0.553. The van der Waals surface area contributed by atoms with Gasteiger partial charge in [0.2, 0.25) is 5.91 Å². The van der Waals surface area contributed by atoms with Gasteiger partial charge in [0.1, 0.15) is 6.04 Å². The third-order valence-electron chi connectivity index (χ3n) is 2.92. The van der Waals surface area contributed by atoms with Crippen LogP contribution in [-0.4, -0.2) is 58.6 Å². The number of hydrogen-bond donors (Lipinski definition) is 3. The highest BCUT2D eigenvalue weighted by Gasteiger charge is 2.26. The van der Waals surface area contributed by atoms with Crippen molar-refractivity contribution in [3.8, 4) is 0 Å². The minimum atomic E-state index is -0.889. The number of aliphatic carboxylic acids is 1.